The molecule has 0 saturated carbocycles. The summed E-state index contributed by atoms with van der Waals surface area (Å²) in [7, 11) is 0. The normalized spacial score (nSPS) is 15.9. The SMILES string of the molecule is Cc1ccc(OCCNC(=O)CCN2C(=O)NC(C)(C)C2=O)c(C)c1. The third kappa shape index (κ3) is 4.71. The van der Waals surface area contributed by atoms with E-state index < -0.39 is 11.6 Å². The monoisotopic (exact) mass is 347 g/mol. The number of carbonyl (C=O) groups is 3. The molecule has 1 heterocycles. The van der Waals surface area contributed by atoms with Gasteiger partial charge in [-0.25, -0.2) is 4.79 Å². The molecule has 0 radical (unpaired) electrons. The summed E-state index contributed by atoms with van der Waals surface area (Å²) >= 11 is 0. The zero-order chi connectivity index (χ0) is 18.6. The van der Waals surface area contributed by atoms with E-state index in [1.807, 2.05) is 32.0 Å². The average Bonchev–Trinajstić information content (AvgIpc) is 2.71. The fourth-order valence-electron chi connectivity index (χ4n) is 2.64. The van der Waals surface area contributed by atoms with E-state index in [0.29, 0.717) is 13.2 Å². The van der Waals surface area contributed by atoms with Crippen molar-refractivity contribution in [1.29, 1.82) is 0 Å². The number of benzene rings is 1. The molecule has 2 N–H and O–H groups in total. The van der Waals surface area contributed by atoms with Gasteiger partial charge in [0.15, 0.2) is 0 Å². The maximum Gasteiger partial charge on any atom is 0.325 e. The van der Waals surface area contributed by atoms with E-state index in [9.17, 15) is 14.4 Å². The zero-order valence-electron chi connectivity index (χ0n) is 15.1. The lowest BCUT2D eigenvalue weighted by atomic mass is 10.1. The average molecular weight is 347 g/mol. The molecule has 0 atom stereocenters. The van der Waals surface area contributed by atoms with Crippen LogP contribution in [0.5, 0.6) is 5.75 Å². The Morgan fingerprint density at radius 3 is 2.60 bits per heavy atom. The Morgan fingerprint density at radius 1 is 1.28 bits per heavy atom. The lowest BCUT2D eigenvalue weighted by Gasteiger charge is -2.15. The molecule has 25 heavy (non-hydrogen) atoms. The van der Waals surface area contributed by atoms with E-state index in [4.69, 9.17) is 4.74 Å². The molecule has 0 aliphatic carbocycles. The summed E-state index contributed by atoms with van der Waals surface area (Å²) < 4.78 is 5.64. The number of rotatable bonds is 7. The van der Waals surface area contributed by atoms with Crippen LogP contribution in [0.2, 0.25) is 0 Å². The van der Waals surface area contributed by atoms with Gasteiger partial charge < -0.3 is 15.4 Å². The number of ether oxygens (including phenoxy) is 1. The van der Waals surface area contributed by atoms with Crippen molar-refractivity contribution in [3.8, 4) is 5.75 Å². The summed E-state index contributed by atoms with van der Waals surface area (Å²) in [4.78, 5) is 36.7. The van der Waals surface area contributed by atoms with Crippen molar-refractivity contribution in [2.45, 2.75) is 39.7 Å². The molecule has 1 aromatic carbocycles. The van der Waals surface area contributed by atoms with Crippen LogP contribution >= 0.6 is 0 Å². The van der Waals surface area contributed by atoms with Gasteiger partial charge in [-0.2, -0.15) is 0 Å². The molecule has 0 unspecified atom stereocenters. The Balaban J connectivity index is 1.69. The van der Waals surface area contributed by atoms with Crippen LogP contribution in [0.4, 0.5) is 4.79 Å². The van der Waals surface area contributed by atoms with Crippen LogP contribution in [0, 0.1) is 13.8 Å². The van der Waals surface area contributed by atoms with Crippen molar-refractivity contribution in [3.05, 3.63) is 29.3 Å². The molecule has 1 fully saturated rings. The Kier molecular flexibility index (Phi) is 5.66. The molecular weight excluding hydrogens is 322 g/mol. The Morgan fingerprint density at radius 2 is 2.00 bits per heavy atom. The van der Waals surface area contributed by atoms with E-state index in [2.05, 4.69) is 10.6 Å². The van der Waals surface area contributed by atoms with Crippen LogP contribution in [-0.2, 0) is 9.59 Å². The van der Waals surface area contributed by atoms with E-state index in [1.54, 1.807) is 13.8 Å². The van der Waals surface area contributed by atoms with Gasteiger partial charge >= 0.3 is 6.03 Å². The van der Waals surface area contributed by atoms with Crippen molar-refractivity contribution >= 4 is 17.8 Å². The minimum absolute atomic E-state index is 0.0673. The third-order valence-electron chi connectivity index (χ3n) is 4.02. The minimum Gasteiger partial charge on any atom is -0.491 e. The van der Waals surface area contributed by atoms with Crippen LogP contribution in [0.1, 0.15) is 31.4 Å². The number of aryl methyl sites for hydroxylation is 2. The summed E-state index contributed by atoms with van der Waals surface area (Å²) in [6.07, 6.45) is 0.0683. The van der Waals surface area contributed by atoms with E-state index >= 15 is 0 Å². The molecule has 0 spiro atoms. The number of hydrogen-bond acceptors (Lipinski definition) is 4. The number of carbonyl (C=O) groups excluding carboxylic acids is 3. The largest absolute Gasteiger partial charge is 0.491 e. The maximum atomic E-state index is 12.0. The topological polar surface area (TPSA) is 87.7 Å². The van der Waals surface area contributed by atoms with Gasteiger partial charge in [0, 0.05) is 13.0 Å². The van der Waals surface area contributed by atoms with Crippen molar-refractivity contribution in [3.63, 3.8) is 0 Å². The number of amides is 4. The highest BCUT2D eigenvalue weighted by atomic mass is 16.5. The summed E-state index contributed by atoms with van der Waals surface area (Å²) in [5.74, 6) is 0.249. The Hall–Kier alpha value is -2.57. The first-order valence-corrected chi connectivity index (χ1v) is 8.31. The van der Waals surface area contributed by atoms with Crippen molar-refractivity contribution in [2.75, 3.05) is 19.7 Å². The Bertz CT molecular complexity index is 685. The maximum absolute atomic E-state index is 12.0. The van der Waals surface area contributed by atoms with Gasteiger partial charge in [-0.1, -0.05) is 17.7 Å². The molecule has 1 aliphatic rings. The van der Waals surface area contributed by atoms with Crippen LogP contribution in [-0.4, -0.2) is 48.0 Å². The summed E-state index contributed by atoms with van der Waals surface area (Å²) in [6.45, 7) is 8.04. The number of hydrogen-bond donors (Lipinski definition) is 2. The molecule has 136 valence electrons. The molecule has 7 heteroatoms. The van der Waals surface area contributed by atoms with Crippen LogP contribution in [0.3, 0.4) is 0 Å². The molecule has 0 bridgehead atoms. The van der Waals surface area contributed by atoms with Gasteiger partial charge in [0.2, 0.25) is 5.91 Å². The van der Waals surface area contributed by atoms with Crippen LogP contribution < -0.4 is 15.4 Å². The van der Waals surface area contributed by atoms with Gasteiger partial charge in [0.05, 0.1) is 6.54 Å². The number of nitrogens with one attached hydrogen (secondary N) is 2. The number of urea groups is 1. The fraction of sp³-hybridized carbons (Fsp3) is 0.500. The number of imide groups is 1. The zero-order valence-corrected chi connectivity index (χ0v) is 15.1. The summed E-state index contributed by atoms with van der Waals surface area (Å²) in [5.41, 5.74) is 1.31. The minimum atomic E-state index is -0.909. The van der Waals surface area contributed by atoms with E-state index in [1.165, 1.54) is 5.56 Å². The molecule has 2 rings (SSSR count). The fourth-order valence-corrected chi connectivity index (χ4v) is 2.64. The first-order valence-electron chi connectivity index (χ1n) is 8.31. The van der Waals surface area contributed by atoms with Gasteiger partial charge in [-0.15, -0.1) is 0 Å². The standard InChI is InChI=1S/C18H25N3O4/c1-12-5-6-14(13(2)11-12)25-10-8-19-15(22)7-9-21-16(23)18(3,4)20-17(21)24/h5-6,11H,7-10H2,1-4H3,(H,19,22)(H,20,24). The molecular formula is C18H25N3O4. The second kappa shape index (κ2) is 7.55. The summed E-state index contributed by atoms with van der Waals surface area (Å²) in [6, 6.07) is 5.46. The lowest BCUT2D eigenvalue weighted by Crippen LogP contribution is -2.40. The highest BCUT2D eigenvalue weighted by Gasteiger charge is 2.43. The summed E-state index contributed by atoms with van der Waals surface area (Å²) in [5, 5.41) is 5.31. The van der Waals surface area contributed by atoms with E-state index in [-0.39, 0.29) is 24.8 Å². The van der Waals surface area contributed by atoms with Crippen LogP contribution in [0.15, 0.2) is 18.2 Å². The van der Waals surface area contributed by atoms with Crippen LogP contribution in [0.25, 0.3) is 0 Å². The quantitative estimate of drug-likeness (QED) is 0.578. The second-order valence-corrected chi connectivity index (χ2v) is 6.73. The molecule has 1 aromatic rings. The highest BCUT2D eigenvalue weighted by molar-refractivity contribution is 6.06. The second-order valence-electron chi connectivity index (χ2n) is 6.73. The van der Waals surface area contributed by atoms with Crippen molar-refractivity contribution in [1.82, 2.24) is 15.5 Å². The van der Waals surface area contributed by atoms with Crippen molar-refractivity contribution < 1.29 is 19.1 Å². The first kappa shape index (κ1) is 18.8. The predicted molar refractivity (Wildman–Crippen MR) is 93.4 cm³/mol. The van der Waals surface area contributed by atoms with Gasteiger partial charge in [0.1, 0.15) is 17.9 Å². The number of nitrogens with zero attached hydrogens (tertiary/aromatic N) is 1. The lowest BCUT2D eigenvalue weighted by molar-refractivity contribution is -0.130. The van der Waals surface area contributed by atoms with Gasteiger partial charge in [-0.05, 0) is 39.3 Å². The molecule has 0 aromatic heterocycles. The Labute approximate surface area is 147 Å². The smallest absolute Gasteiger partial charge is 0.325 e. The predicted octanol–water partition coefficient (Wildman–Crippen LogP) is 1.52. The molecule has 1 saturated heterocycles. The third-order valence-corrected chi connectivity index (χ3v) is 4.02. The highest BCUT2D eigenvalue weighted by Crippen LogP contribution is 2.18. The van der Waals surface area contributed by atoms with E-state index in [0.717, 1.165) is 16.2 Å². The van der Waals surface area contributed by atoms with Gasteiger partial charge in [-0.3, -0.25) is 14.5 Å². The molecule has 7 nitrogen and oxygen atoms in total. The molecule has 1 aliphatic heterocycles. The van der Waals surface area contributed by atoms with Crippen molar-refractivity contribution in [2.24, 2.45) is 0 Å². The first-order chi connectivity index (χ1) is 11.7. The molecule has 4 amide bonds. The van der Waals surface area contributed by atoms with Gasteiger partial charge in [0.25, 0.3) is 5.91 Å².